The Labute approximate surface area is 197 Å². The SMILES string of the molecule is CCN(CC)CCOc1ccc(-c2c(F)cnc3[nH]c4cnc(-c5cccnc5)cc4c23)cc1. The second kappa shape index (κ2) is 9.57. The Balaban J connectivity index is 1.52. The number of H-pyrrole nitrogens is 1. The first-order valence-corrected chi connectivity index (χ1v) is 11.5. The van der Waals surface area contributed by atoms with Crippen LogP contribution in [0, 0.1) is 5.82 Å². The molecule has 0 fully saturated rings. The molecule has 0 unspecified atom stereocenters. The molecule has 1 aromatic carbocycles. The fraction of sp³-hybridized carbons (Fsp3) is 0.222. The molecule has 0 saturated carbocycles. The highest BCUT2D eigenvalue weighted by Crippen LogP contribution is 2.37. The minimum Gasteiger partial charge on any atom is -0.492 e. The van der Waals surface area contributed by atoms with E-state index in [0.29, 0.717) is 17.8 Å². The van der Waals surface area contributed by atoms with Gasteiger partial charge in [0.05, 0.1) is 23.6 Å². The van der Waals surface area contributed by atoms with Crippen molar-refractivity contribution in [1.29, 1.82) is 0 Å². The Morgan fingerprint density at radius 2 is 1.79 bits per heavy atom. The van der Waals surface area contributed by atoms with E-state index in [0.717, 1.165) is 58.5 Å². The van der Waals surface area contributed by atoms with Crippen molar-refractivity contribution in [1.82, 2.24) is 24.8 Å². The Morgan fingerprint density at radius 3 is 2.53 bits per heavy atom. The molecule has 4 heterocycles. The molecule has 0 atom stereocenters. The van der Waals surface area contributed by atoms with E-state index in [1.54, 1.807) is 18.6 Å². The van der Waals surface area contributed by atoms with Crippen molar-refractivity contribution in [3.63, 3.8) is 0 Å². The Morgan fingerprint density at radius 1 is 0.971 bits per heavy atom. The van der Waals surface area contributed by atoms with Gasteiger partial charge in [0.15, 0.2) is 0 Å². The number of likely N-dealkylation sites (N-methyl/N-ethyl adjacent to an activating group) is 1. The zero-order valence-electron chi connectivity index (χ0n) is 19.3. The van der Waals surface area contributed by atoms with Gasteiger partial charge in [0, 0.05) is 40.8 Å². The van der Waals surface area contributed by atoms with Crippen LogP contribution < -0.4 is 4.74 Å². The topological polar surface area (TPSA) is 66.9 Å². The summed E-state index contributed by atoms with van der Waals surface area (Å²) in [6.07, 6.45) is 6.51. The zero-order valence-corrected chi connectivity index (χ0v) is 19.3. The van der Waals surface area contributed by atoms with Gasteiger partial charge >= 0.3 is 0 Å². The number of rotatable bonds is 8. The average molecular weight is 456 g/mol. The highest BCUT2D eigenvalue weighted by atomic mass is 19.1. The van der Waals surface area contributed by atoms with Crippen LogP contribution in [0.3, 0.4) is 0 Å². The summed E-state index contributed by atoms with van der Waals surface area (Å²) in [6, 6.07) is 13.4. The van der Waals surface area contributed by atoms with Gasteiger partial charge < -0.3 is 14.6 Å². The molecule has 7 heteroatoms. The van der Waals surface area contributed by atoms with Gasteiger partial charge in [-0.05, 0) is 49.0 Å². The second-order valence-corrected chi connectivity index (χ2v) is 8.09. The maximum absolute atomic E-state index is 15.2. The lowest BCUT2D eigenvalue weighted by atomic mass is 10.0. The number of hydrogen-bond acceptors (Lipinski definition) is 5. The molecule has 172 valence electrons. The van der Waals surface area contributed by atoms with Crippen LogP contribution in [0.4, 0.5) is 4.39 Å². The molecule has 0 aliphatic heterocycles. The molecule has 4 aromatic heterocycles. The smallest absolute Gasteiger partial charge is 0.150 e. The van der Waals surface area contributed by atoms with Gasteiger partial charge in [0.1, 0.15) is 23.8 Å². The van der Waals surface area contributed by atoms with E-state index in [1.165, 1.54) is 6.20 Å². The van der Waals surface area contributed by atoms with Crippen molar-refractivity contribution in [2.24, 2.45) is 0 Å². The normalized spacial score (nSPS) is 11.5. The van der Waals surface area contributed by atoms with Crippen LogP contribution in [0.2, 0.25) is 0 Å². The summed E-state index contributed by atoms with van der Waals surface area (Å²) in [5.41, 5.74) is 4.37. The molecule has 0 spiro atoms. The number of nitrogens with zero attached hydrogens (tertiary/aromatic N) is 4. The van der Waals surface area contributed by atoms with Crippen LogP contribution in [0.5, 0.6) is 5.75 Å². The first-order valence-electron chi connectivity index (χ1n) is 11.5. The van der Waals surface area contributed by atoms with Crippen LogP contribution in [0.1, 0.15) is 13.8 Å². The fourth-order valence-electron chi connectivity index (χ4n) is 4.24. The van der Waals surface area contributed by atoms with Gasteiger partial charge in [-0.15, -0.1) is 0 Å². The molecule has 0 aliphatic carbocycles. The van der Waals surface area contributed by atoms with Gasteiger partial charge in [-0.3, -0.25) is 9.97 Å². The largest absolute Gasteiger partial charge is 0.492 e. The molecule has 1 N–H and O–H groups in total. The van der Waals surface area contributed by atoms with Crippen molar-refractivity contribution in [2.45, 2.75) is 13.8 Å². The maximum Gasteiger partial charge on any atom is 0.150 e. The quantitative estimate of drug-likeness (QED) is 0.325. The third kappa shape index (κ3) is 4.22. The average Bonchev–Trinajstić information content (AvgIpc) is 3.25. The third-order valence-electron chi connectivity index (χ3n) is 6.13. The summed E-state index contributed by atoms with van der Waals surface area (Å²) in [4.78, 5) is 18.6. The van der Waals surface area contributed by atoms with Crippen molar-refractivity contribution >= 4 is 21.9 Å². The predicted octanol–water partition coefficient (Wildman–Crippen LogP) is 5.70. The second-order valence-electron chi connectivity index (χ2n) is 8.09. The van der Waals surface area contributed by atoms with E-state index in [2.05, 4.69) is 38.7 Å². The lowest BCUT2D eigenvalue weighted by Crippen LogP contribution is -2.27. The number of fused-ring (bicyclic) bond motifs is 3. The Bertz CT molecular complexity index is 1410. The van der Waals surface area contributed by atoms with E-state index in [9.17, 15) is 0 Å². The van der Waals surface area contributed by atoms with E-state index in [4.69, 9.17) is 4.74 Å². The van der Waals surface area contributed by atoms with E-state index in [1.807, 2.05) is 42.5 Å². The summed E-state index contributed by atoms with van der Waals surface area (Å²) >= 11 is 0. The number of benzene rings is 1. The number of halogens is 1. The van der Waals surface area contributed by atoms with Gasteiger partial charge in [-0.25, -0.2) is 9.37 Å². The molecule has 34 heavy (non-hydrogen) atoms. The highest BCUT2D eigenvalue weighted by Gasteiger charge is 2.17. The van der Waals surface area contributed by atoms with Crippen molar-refractivity contribution in [2.75, 3.05) is 26.2 Å². The third-order valence-corrected chi connectivity index (χ3v) is 6.13. The zero-order chi connectivity index (χ0) is 23.5. The lowest BCUT2D eigenvalue weighted by Gasteiger charge is -2.18. The molecule has 0 saturated heterocycles. The van der Waals surface area contributed by atoms with Crippen LogP contribution in [0.15, 0.2) is 67.3 Å². The molecule has 0 bridgehead atoms. The van der Waals surface area contributed by atoms with E-state index < -0.39 is 0 Å². The fourth-order valence-corrected chi connectivity index (χ4v) is 4.24. The number of aromatic amines is 1. The maximum atomic E-state index is 15.2. The molecular weight excluding hydrogens is 429 g/mol. The summed E-state index contributed by atoms with van der Waals surface area (Å²) < 4.78 is 21.1. The lowest BCUT2D eigenvalue weighted by molar-refractivity contribution is 0.223. The molecular formula is C27H26FN5O. The van der Waals surface area contributed by atoms with E-state index >= 15 is 4.39 Å². The molecule has 5 rings (SSSR count). The van der Waals surface area contributed by atoms with Gasteiger partial charge in [0.2, 0.25) is 0 Å². The minimum atomic E-state index is -0.372. The van der Waals surface area contributed by atoms with Crippen molar-refractivity contribution in [3.05, 3.63) is 73.1 Å². The first kappa shape index (κ1) is 22.0. The van der Waals surface area contributed by atoms with Crippen LogP contribution in [0.25, 0.3) is 44.3 Å². The highest BCUT2D eigenvalue weighted by molar-refractivity contribution is 6.13. The molecule has 0 radical (unpaired) electrons. The molecule has 6 nitrogen and oxygen atoms in total. The minimum absolute atomic E-state index is 0.372. The van der Waals surface area contributed by atoms with E-state index in [-0.39, 0.29) is 5.82 Å². The predicted molar refractivity (Wildman–Crippen MR) is 133 cm³/mol. The van der Waals surface area contributed by atoms with Crippen LogP contribution >= 0.6 is 0 Å². The standard InChI is InChI=1S/C27H26FN5O/c1-3-33(4-2)12-13-34-20-9-7-18(8-10-20)25-22(28)16-31-27-26(25)21-14-23(30-17-24(21)32-27)19-6-5-11-29-15-19/h5-11,14-17H,3-4,12-13H2,1-2H3,(H,31,32). The van der Waals surface area contributed by atoms with Crippen LogP contribution in [-0.4, -0.2) is 51.1 Å². The molecule has 0 aliphatic rings. The summed E-state index contributed by atoms with van der Waals surface area (Å²) in [5.74, 6) is 0.395. The monoisotopic (exact) mass is 455 g/mol. The number of ether oxygens (including phenoxy) is 1. The number of pyridine rings is 3. The number of nitrogens with one attached hydrogen (secondary N) is 1. The Hall–Kier alpha value is -3.84. The van der Waals surface area contributed by atoms with Crippen molar-refractivity contribution < 1.29 is 9.13 Å². The summed E-state index contributed by atoms with van der Waals surface area (Å²) in [5, 5.41) is 1.60. The van der Waals surface area contributed by atoms with Gasteiger partial charge in [-0.2, -0.15) is 0 Å². The summed E-state index contributed by atoms with van der Waals surface area (Å²) in [6.45, 7) is 7.77. The summed E-state index contributed by atoms with van der Waals surface area (Å²) in [7, 11) is 0. The number of hydrogen-bond donors (Lipinski definition) is 1. The Kier molecular flexibility index (Phi) is 6.18. The van der Waals surface area contributed by atoms with Crippen molar-refractivity contribution in [3.8, 4) is 28.1 Å². The van der Waals surface area contributed by atoms with Gasteiger partial charge in [0.25, 0.3) is 0 Å². The van der Waals surface area contributed by atoms with Crippen LogP contribution in [-0.2, 0) is 0 Å². The van der Waals surface area contributed by atoms with Gasteiger partial charge in [-0.1, -0.05) is 26.0 Å². The molecule has 0 amide bonds. The number of aromatic nitrogens is 4. The molecule has 5 aromatic rings. The first-order chi connectivity index (χ1) is 16.7.